The van der Waals surface area contributed by atoms with Crippen LogP contribution in [0.4, 0.5) is 0 Å². The molecule has 1 aliphatic carbocycles. The summed E-state index contributed by atoms with van der Waals surface area (Å²) in [4.78, 5) is 17.1. The van der Waals surface area contributed by atoms with Crippen LogP contribution in [0.5, 0.6) is 0 Å². The van der Waals surface area contributed by atoms with Gasteiger partial charge in [0.2, 0.25) is 0 Å². The molecule has 0 spiro atoms. The predicted molar refractivity (Wildman–Crippen MR) is 95.3 cm³/mol. The first kappa shape index (κ1) is 15.8. The molecule has 1 saturated carbocycles. The van der Waals surface area contributed by atoms with Gasteiger partial charge in [0, 0.05) is 18.4 Å². The van der Waals surface area contributed by atoms with E-state index in [9.17, 15) is 9.90 Å². The average Bonchev–Trinajstić information content (AvgIpc) is 3.04. The Bertz CT molecular complexity index is 836. The van der Waals surface area contributed by atoms with Gasteiger partial charge in [-0.1, -0.05) is 36.4 Å². The number of aliphatic hydroxyl groups excluding tert-OH is 1. The van der Waals surface area contributed by atoms with E-state index in [0.29, 0.717) is 11.6 Å². The number of aliphatic hydroxyl groups is 1. The third-order valence-corrected chi connectivity index (χ3v) is 4.93. The predicted octanol–water partition coefficient (Wildman–Crippen LogP) is 2.45. The molecule has 25 heavy (non-hydrogen) atoms. The minimum Gasteiger partial charge on any atom is -0.393 e. The van der Waals surface area contributed by atoms with Gasteiger partial charge in [0.15, 0.2) is 0 Å². The lowest BCUT2D eigenvalue weighted by Gasteiger charge is -2.38. The van der Waals surface area contributed by atoms with Crippen molar-refractivity contribution in [3.63, 3.8) is 0 Å². The highest BCUT2D eigenvalue weighted by molar-refractivity contribution is 5.93. The molecule has 0 radical (unpaired) electrons. The van der Waals surface area contributed by atoms with Crippen LogP contribution in [-0.4, -0.2) is 32.5 Å². The summed E-state index contributed by atoms with van der Waals surface area (Å²) in [6, 6.07) is 15.8. The van der Waals surface area contributed by atoms with E-state index >= 15 is 0 Å². The van der Waals surface area contributed by atoms with Gasteiger partial charge in [-0.2, -0.15) is 0 Å². The summed E-state index contributed by atoms with van der Waals surface area (Å²) in [5.74, 6) is 0.141. The Labute approximate surface area is 146 Å². The van der Waals surface area contributed by atoms with Crippen LogP contribution in [0, 0.1) is 5.92 Å². The number of hydrogen-bond donors (Lipinski definition) is 2. The summed E-state index contributed by atoms with van der Waals surface area (Å²) >= 11 is 0. The molecule has 2 aromatic heterocycles. The normalized spacial score (nSPS) is 20.8. The Morgan fingerprint density at radius 2 is 1.96 bits per heavy atom. The van der Waals surface area contributed by atoms with Crippen LogP contribution >= 0.6 is 0 Å². The highest BCUT2D eigenvalue weighted by Crippen LogP contribution is 2.32. The van der Waals surface area contributed by atoms with Gasteiger partial charge in [0.25, 0.3) is 5.91 Å². The topological polar surface area (TPSA) is 66.6 Å². The zero-order valence-corrected chi connectivity index (χ0v) is 13.9. The zero-order valence-electron chi connectivity index (χ0n) is 13.9. The van der Waals surface area contributed by atoms with Crippen molar-refractivity contribution < 1.29 is 9.90 Å². The van der Waals surface area contributed by atoms with Crippen LogP contribution < -0.4 is 5.32 Å². The minimum absolute atomic E-state index is 0.00288. The van der Waals surface area contributed by atoms with Gasteiger partial charge in [-0.15, -0.1) is 0 Å². The van der Waals surface area contributed by atoms with Crippen molar-refractivity contribution in [1.82, 2.24) is 14.7 Å². The lowest BCUT2D eigenvalue weighted by Crippen LogP contribution is -2.48. The van der Waals surface area contributed by atoms with Crippen molar-refractivity contribution in [2.75, 3.05) is 0 Å². The maximum Gasteiger partial charge on any atom is 0.271 e. The molecule has 2 heterocycles. The molecule has 1 fully saturated rings. The van der Waals surface area contributed by atoms with E-state index in [1.807, 2.05) is 47.0 Å². The lowest BCUT2D eigenvalue weighted by atomic mass is 9.75. The number of hydrogen-bond acceptors (Lipinski definition) is 3. The number of imidazole rings is 1. The second-order valence-corrected chi connectivity index (χ2v) is 6.75. The van der Waals surface area contributed by atoms with E-state index in [1.165, 1.54) is 5.56 Å². The Morgan fingerprint density at radius 1 is 1.20 bits per heavy atom. The van der Waals surface area contributed by atoms with E-state index in [0.717, 1.165) is 24.9 Å². The molecule has 2 N–H and O–H groups in total. The lowest BCUT2D eigenvalue weighted by molar-refractivity contribution is 0.0239. The van der Waals surface area contributed by atoms with Crippen molar-refractivity contribution in [2.24, 2.45) is 5.92 Å². The molecule has 1 aromatic carbocycles. The fraction of sp³-hybridized carbons (Fsp3) is 0.300. The van der Waals surface area contributed by atoms with Crippen LogP contribution in [0.25, 0.3) is 5.65 Å². The van der Waals surface area contributed by atoms with Gasteiger partial charge in [-0.05, 0) is 42.9 Å². The fourth-order valence-corrected chi connectivity index (χ4v) is 3.45. The molecule has 4 rings (SSSR count). The van der Waals surface area contributed by atoms with E-state index in [1.54, 1.807) is 6.20 Å². The first-order valence-corrected chi connectivity index (χ1v) is 8.65. The molecule has 1 amide bonds. The molecular formula is C20H21N3O2. The summed E-state index contributed by atoms with van der Waals surface area (Å²) in [5.41, 5.74) is 2.36. The number of aromatic nitrogens is 2. The molecule has 0 bridgehead atoms. The van der Waals surface area contributed by atoms with Crippen LogP contribution in [0.15, 0.2) is 60.9 Å². The van der Waals surface area contributed by atoms with Crippen LogP contribution in [0.2, 0.25) is 0 Å². The summed E-state index contributed by atoms with van der Waals surface area (Å²) < 4.78 is 1.84. The van der Waals surface area contributed by atoms with Crippen LogP contribution in [0.1, 0.15) is 28.9 Å². The van der Waals surface area contributed by atoms with E-state index in [-0.39, 0.29) is 18.1 Å². The number of carbonyl (C=O) groups is 1. The van der Waals surface area contributed by atoms with Gasteiger partial charge in [0.05, 0.1) is 6.10 Å². The Hall–Kier alpha value is -2.66. The minimum atomic E-state index is -0.240. The van der Waals surface area contributed by atoms with Crippen molar-refractivity contribution in [3.8, 4) is 0 Å². The second-order valence-electron chi connectivity index (χ2n) is 6.75. The number of nitrogens with one attached hydrogen (secondary N) is 1. The Kier molecular flexibility index (Phi) is 4.24. The first-order valence-electron chi connectivity index (χ1n) is 8.65. The van der Waals surface area contributed by atoms with Crippen molar-refractivity contribution >= 4 is 11.6 Å². The van der Waals surface area contributed by atoms with Crippen molar-refractivity contribution in [1.29, 1.82) is 0 Å². The fourth-order valence-electron chi connectivity index (χ4n) is 3.45. The smallest absolute Gasteiger partial charge is 0.271 e. The number of nitrogens with zero attached hydrogens (tertiary/aromatic N) is 2. The average molecular weight is 335 g/mol. The standard InChI is InChI=1S/C20H21N3O2/c24-16-11-15(12-16)17(10-14-6-2-1-3-7-14)22-20(25)18-13-23-9-5-4-8-19(23)21-18/h1-9,13,15-17,24H,10-12H2,(H,22,25)/t15?,16?,17-/m1/s1. The first-order chi connectivity index (χ1) is 12.2. The SMILES string of the molecule is O=C(N[C@H](Cc1ccccc1)C1CC(O)C1)c1cn2ccccc2n1. The molecule has 1 aliphatic rings. The summed E-state index contributed by atoms with van der Waals surface area (Å²) in [6.45, 7) is 0. The summed E-state index contributed by atoms with van der Waals surface area (Å²) in [6.07, 6.45) is 5.63. The highest BCUT2D eigenvalue weighted by Gasteiger charge is 2.35. The Balaban J connectivity index is 1.51. The number of fused-ring (bicyclic) bond motifs is 1. The number of carbonyl (C=O) groups excluding carboxylic acids is 1. The van der Waals surface area contributed by atoms with Crippen LogP contribution in [0.3, 0.4) is 0 Å². The largest absolute Gasteiger partial charge is 0.393 e. The van der Waals surface area contributed by atoms with Gasteiger partial charge in [0.1, 0.15) is 11.3 Å². The molecule has 0 aliphatic heterocycles. The van der Waals surface area contributed by atoms with Crippen LogP contribution in [-0.2, 0) is 6.42 Å². The van der Waals surface area contributed by atoms with Gasteiger partial charge >= 0.3 is 0 Å². The number of amides is 1. The number of rotatable bonds is 5. The molecule has 0 unspecified atom stereocenters. The second kappa shape index (κ2) is 6.69. The summed E-state index contributed by atoms with van der Waals surface area (Å²) in [7, 11) is 0. The van der Waals surface area contributed by atoms with Crippen molar-refractivity contribution in [2.45, 2.75) is 31.4 Å². The van der Waals surface area contributed by atoms with Gasteiger partial charge < -0.3 is 14.8 Å². The molecule has 128 valence electrons. The Morgan fingerprint density at radius 3 is 2.68 bits per heavy atom. The molecule has 0 saturated heterocycles. The van der Waals surface area contributed by atoms with E-state index < -0.39 is 0 Å². The monoisotopic (exact) mass is 335 g/mol. The maximum atomic E-state index is 12.7. The molecule has 3 aromatic rings. The molecular weight excluding hydrogens is 314 g/mol. The number of pyridine rings is 1. The molecule has 5 heteroatoms. The van der Waals surface area contributed by atoms with Crippen molar-refractivity contribution in [3.05, 3.63) is 72.2 Å². The molecule has 5 nitrogen and oxygen atoms in total. The zero-order chi connectivity index (χ0) is 17.2. The van der Waals surface area contributed by atoms with E-state index in [4.69, 9.17) is 0 Å². The third kappa shape index (κ3) is 3.42. The van der Waals surface area contributed by atoms with Gasteiger partial charge in [-0.25, -0.2) is 4.98 Å². The maximum absolute atomic E-state index is 12.7. The summed E-state index contributed by atoms with van der Waals surface area (Å²) in [5, 5.41) is 12.8. The van der Waals surface area contributed by atoms with E-state index in [2.05, 4.69) is 22.4 Å². The third-order valence-electron chi connectivity index (χ3n) is 4.93. The quantitative estimate of drug-likeness (QED) is 0.753. The molecule has 1 atom stereocenters. The van der Waals surface area contributed by atoms with Gasteiger partial charge in [-0.3, -0.25) is 4.79 Å². The highest BCUT2D eigenvalue weighted by atomic mass is 16.3. The number of benzene rings is 1.